The second-order valence-corrected chi connectivity index (χ2v) is 10.4. The first-order chi connectivity index (χ1) is 16.7. The van der Waals surface area contributed by atoms with E-state index in [-0.39, 0.29) is 17.8 Å². The molecular weight excluding hydrogens is 463 g/mol. The molecule has 5 rings (SSSR count). The van der Waals surface area contributed by atoms with Gasteiger partial charge in [-0.1, -0.05) is 0 Å². The Morgan fingerprint density at radius 2 is 1.86 bits per heavy atom. The van der Waals surface area contributed by atoms with Gasteiger partial charge in [0.25, 0.3) is 0 Å². The summed E-state index contributed by atoms with van der Waals surface area (Å²) < 4.78 is 14.4. The molecule has 1 saturated heterocycles. The molecule has 1 aliphatic heterocycles. The number of carbonyl (C=O) groups is 1. The van der Waals surface area contributed by atoms with Crippen LogP contribution in [0.3, 0.4) is 0 Å². The Hall–Kier alpha value is -3.33. The van der Waals surface area contributed by atoms with Gasteiger partial charge in [0.2, 0.25) is 5.91 Å². The van der Waals surface area contributed by atoms with Gasteiger partial charge in [-0.05, 0) is 51.5 Å². The lowest BCUT2D eigenvalue weighted by Crippen LogP contribution is -2.48. The first kappa shape index (κ1) is 23.4. The Morgan fingerprint density at radius 3 is 2.57 bits per heavy atom. The molecule has 0 radical (unpaired) electrons. The topological polar surface area (TPSA) is 74.2 Å². The third-order valence-electron chi connectivity index (χ3n) is 6.99. The van der Waals surface area contributed by atoms with E-state index in [0.29, 0.717) is 37.3 Å². The predicted molar refractivity (Wildman–Crippen MR) is 140 cm³/mol. The van der Waals surface area contributed by atoms with Crippen molar-refractivity contribution in [1.82, 2.24) is 19.9 Å². The molecule has 0 unspecified atom stereocenters. The number of halogens is 1. The van der Waals surface area contributed by atoms with Gasteiger partial charge < -0.3 is 15.1 Å². The van der Waals surface area contributed by atoms with Gasteiger partial charge in [0.15, 0.2) is 0 Å². The number of fused-ring (bicyclic) bond motifs is 2. The molecule has 1 amide bonds. The lowest BCUT2D eigenvalue weighted by molar-refractivity contribution is -0.129. The van der Waals surface area contributed by atoms with Gasteiger partial charge in [-0.2, -0.15) is 0 Å². The number of thiophene rings is 1. The summed E-state index contributed by atoms with van der Waals surface area (Å²) in [5.74, 6) is 1.44. The molecule has 1 aromatic carbocycles. The average molecular weight is 493 g/mol. The number of amides is 1. The number of pyridine rings is 1. The van der Waals surface area contributed by atoms with Crippen LogP contribution in [0.4, 0.5) is 16.0 Å². The predicted octanol–water partition coefficient (Wildman–Crippen LogP) is 5.15. The summed E-state index contributed by atoms with van der Waals surface area (Å²) in [6.07, 6.45) is 1.60. The minimum Gasteiger partial charge on any atom is -0.363 e. The molecule has 1 atom stereocenters. The Labute approximate surface area is 208 Å². The van der Waals surface area contributed by atoms with Crippen molar-refractivity contribution in [2.24, 2.45) is 0 Å². The van der Waals surface area contributed by atoms with Gasteiger partial charge in [-0.3, -0.25) is 4.79 Å². The highest BCUT2D eigenvalue weighted by molar-refractivity contribution is 7.18. The molecule has 7 nitrogen and oxygen atoms in total. The van der Waals surface area contributed by atoms with Crippen molar-refractivity contribution >= 4 is 50.0 Å². The number of rotatable bonds is 4. The van der Waals surface area contributed by atoms with Crippen molar-refractivity contribution in [3.05, 3.63) is 51.9 Å². The van der Waals surface area contributed by atoms with Crippen LogP contribution in [0.15, 0.2) is 24.5 Å². The summed E-state index contributed by atoms with van der Waals surface area (Å²) in [5.41, 5.74) is 3.40. The minimum absolute atomic E-state index is 0.0819. The van der Waals surface area contributed by atoms with E-state index in [9.17, 15) is 9.18 Å². The summed E-state index contributed by atoms with van der Waals surface area (Å²) in [6.45, 7) is 12.3. The molecule has 0 aliphatic carbocycles. The van der Waals surface area contributed by atoms with Crippen LogP contribution in [0.5, 0.6) is 0 Å². The monoisotopic (exact) mass is 492 g/mol. The molecule has 1 aliphatic rings. The Kier molecular flexibility index (Phi) is 6.04. The fraction of sp³-hybridized carbons (Fsp3) is 0.385. The van der Waals surface area contributed by atoms with E-state index in [4.69, 9.17) is 4.98 Å². The maximum absolute atomic E-state index is 14.4. The zero-order valence-electron chi connectivity index (χ0n) is 20.6. The van der Waals surface area contributed by atoms with Crippen molar-refractivity contribution in [2.75, 3.05) is 36.4 Å². The molecule has 0 spiro atoms. The number of aryl methyl sites for hydroxylation is 3. The molecule has 35 heavy (non-hydrogen) atoms. The smallest absolute Gasteiger partial charge is 0.219 e. The third-order valence-corrected chi connectivity index (χ3v) is 8.11. The van der Waals surface area contributed by atoms with E-state index >= 15 is 0 Å². The molecule has 182 valence electrons. The number of carbonyl (C=O) groups excluding carboxylic acids is 1. The van der Waals surface area contributed by atoms with E-state index in [1.807, 2.05) is 4.90 Å². The number of nitrogens with one attached hydrogen (secondary N) is 1. The zero-order chi connectivity index (χ0) is 24.9. The van der Waals surface area contributed by atoms with Gasteiger partial charge in [0.05, 0.1) is 16.9 Å². The van der Waals surface area contributed by atoms with Crippen molar-refractivity contribution in [2.45, 2.75) is 40.7 Å². The van der Waals surface area contributed by atoms with Gasteiger partial charge in [-0.25, -0.2) is 19.3 Å². The van der Waals surface area contributed by atoms with E-state index < -0.39 is 0 Å². The maximum Gasteiger partial charge on any atom is 0.219 e. The van der Waals surface area contributed by atoms with Crippen molar-refractivity contribution < 1.29 is 9.18 Å². The summed E-state index contributed by atoms with van der Waals surface area (Å²) >= 11 is 1.67. The van der Waals surface area contributed by atoms with Gasteiger partial charge >= 0.3 is 0 Å². The normalized spacial score (nSPS) is 15.1. The first-order valence-corrected chi connectivity index (χ1v) is 12.6. The Bertz CT molecular complexity index is 1440. The highest BCUT2D eigenvalue weighted by Crippen LogP contribution is 2.36. The summed E-state index contributed by atoms with van der Waals surface area (Å²) in [5, 5.41) is 5.55. The van der Waals surface area contributed by atoms with Gasteiger partial charge in [-0.15, -0.1) is 11.3 Å². The fourth-order valence-electron chi connectivity index (χ4n) is 4.74. The lowest BCUT2D eigenvalue weighted by Gasteiger charge is -2.36. The molecule has 1 fully saturated rings. The highest BCUT2D eigenvalue weighted by atomic mass is 32.1. The largest absolute Gasteiger partial charge is 0.363 e. The SMILES string of the molecule is CC(=O)N1CCN(c2nc3c(C)c(F)ccc3cc2[C@H](C)Nc2ncnc3sc(C)c(C)c23)CC1. The molecule has 1 N–H and O–H groups in total. The van der Waals surface area contributed by atoms with Gasteiger partial charge in [0, 0.05) is 54.5 Å². The second-order valence-electron chi connectivity index (χ2n) is 9.19. The summed E-state index contributed by atoms with van der Waals surface area (Å²) in [6, 6.07) is 5.27. The third kappa shape index (κ3) is 4.18. The van der Waals surface area contributed by atoms with Crippen molar-refractivity contribution in [3.63, 3.8) is 0 Å². The Balaban J connectivity index is 1.57. The molecule has 0 bridgehead atoms. The number of aromatic nitrogens is 3. The van der Waals surface area contributed by atoms with Gasteiger partial charge in [0.1, 0.15) is 28.6 Å². The first-order valence-electron chi connectivity index (χ1n) is 11.8. The highest BCUT2D eigenvalue weighted by Gasteiger charge is 2.25. The number of hydrogen-bond acceptors (Lipinski definition) is 7. The molecule has 0 saturated carbocycles. The van der Waals surface area contributed by atoms with Crippen LogP contribution in [-0.4, -0.2) is 51.9 Å². The number of benzene rings is 1. The van der Waals surface area contributed by atoms with Crippen LogP contribution in [0.2, 0.25) is 0 Å². The van der Waals surface area contributed by atoms with E-state index in [0.717, 1.165) is 32.8 Å². The average Bonchev–Trinajstić information content (AvgIpc) is 3.15. The molecule has 9 heteroatoms. The quantitative estimate of drug-likeness (QED) is 0.425. The van der Waals surface area contributed by atoms with E-state index in [2.05, 4.69) is 47.0 Å². The lowest BCUT2D eigenvalue weighted by atomic mass is 10.0. The zero-order valence-corrected chi connectivity index (χ0v) is 21.5. The molecule has 4 heterocycles. The molecule has 3 aromatic heterocycles. The van der Waals surface area contributed by atoms with Crippen molar-refractivity contribution in [3.8, 4) is 0 Å². The Morgan fingerprint density at radius 1 is 1.11 bits per heavy atom. The van der Waals surface area contributed by atoms with Crippen LogP contribution in [0.25, 0.3) is 21.1 Å². The number of piperazine rings is 1. The maximum atomic E-state index is 14.4. The van der Waals surface area contributed by atoms with Crippen LogP contribution in [-0.2, 0) is 4.79 Å². The standard InChI is InChI=1S/C26H29FN6OS/c1-14-17(4)35-26-22(14)24(28-13-29-26)30-16(3)20-12-19-6-7-21(27)15(2)23(19)31-25(20)33-10-8-32(9-11-33)18(5)34/h6-7,12-13,16H,8-11H2,1-5H3,(H,28,29,30)/t16-/m0/s1. The van der Waals surface area contributed by atoms with Crippen LogP contribution in [0, 0.1) is 26.6 Å². The number of nitrogens with zero attached hydrogens (tertiary/aromatic N) is 5. The minimum atomic E-state index is -0.261. The molecular formula is C26H29FN6OS. The fourth-order valence-corrected chi connectivity index (χ4v) is 5.74. The van der Waals surface area contributed by atoms with Crippen LogP contribution < -0.4 is 10.2 Å². The molecule has 4 aromatic rings. The van der Waals surface area contributed by atoms with E-state index in [1.54, 1.807) is 37.6 Å². The van der Waals surface area contributed by atoms with Crippen molar-refractivity contribution in [1.29, 1.82) is 0 Å². The van der Waals surface area contributed by atoms with E-state index in [1.165, 1.54) is 16.5 Å². The summed E-state index contributed by atoms with van der Waals surface area (Å²) in [4.78, 5) is 32.1. The number of anilines is 2. The van der Waals surface area contributed by atoms with Crippen LogP contribution in [0.1, 0.15) is 41.5 Å². The second kappa shape index (κ2) is 9.03. The van der Waals surface area contributed by atoms with Crippen LogP contribution >= 0.6 is 11.3 Å². The number of hydrogen-bond donors (Lipinski definition) is 1. The summed E-state index contributed by atoms with van der Waals surface area (Å²) in [7, 11) is 0.